The van der Waals surface area contributed by atoms with Crippen LogP contribution in [0.2, 0.25) is 0 Å². The van der Waals surface area contributed by atoms with Crippen molar-refractivity contribution in [1.29, 1.82) is 0 Å². The van der Waals surface area contributed by atoms with Crippen LogP contribution in [0, 0.1) is 0 Å². The van der Waals surface area contributed by atoms with Gasteiger partial charge in [-0.05, 0) is 24.6 Å². The Balaban J connectivity index is 1.50. The zero-order valence-electron chi connectivity index (χ0n) is 14.8. The lowest BCUT2D eigenvalue weighted by atomic mass is 10.2. The van der Waals surface area contributed by atoms with E-state index in [9.17, 15) is 4.79 Å². The molecule has 2 heterocycles. The Kier molecular flexibility index (Phi) is 6.56. The summed E-state index contributed by atoms with van der Waals surface area (Å²) in [6, 6.07) is 8.34. The van der Waals surface area contributed by atoms with Gasteiger partial charge in [0.25, 0.3) is 0 Å². The molecule has 2 N–H and O–H groups in total. The van der Waals surface area contributed by atoms with Gasteiger partial charge in [-0.15, -0.1) is 11.3 Å². The predicted octanol–water partition coefficient (Wildman–Crippen LogP) is 2.10. The Morgan fingerprint density at radius 2 is 2.15 bits per heavy atom. The van der Waals surface area contributed by atoms with Crippen molar-refractivity contribution >= 4 is 34.3 Å². The molecule has 1 aliphatic heterocycles. The molecule has 0 spiro atoms. The summed E-state index contributed by atoms with van der Waals surface area (Å²) < 4.78 is 4.92. The second-order valence-corrected chi connectivity index (χ2v) is 6.68. The molecule has 1 aromatic heterocycles. The summed E-state index contributed by atoms with van der Waals surface area (Å²) in [5.74, 6) is -0.266. The van der Waals surface area contributed by atoms with Crippen LogP contribution in [0.4, 0.5) is 10.8 Å². The van der Waals surface area contributed by atoms with E-state index >= 15 is 0 Å². The predicted molar refractivity (Wildman–Crippen MR) is 105 cm³/mol. The maximum absolute atomic E-state index is 11.4. The lowest BCUT2D eigenvalue weighted by molar-refractivity contribution is -0.142. The molecule has 3 rings (SSSR count). The number of hydrazone groups is 1. The highest BCUT2D eigenvalue weighted by Crippen LogP contribution is 2.17. The van der Waals surface area contributed by atoms with E-state index in [1.807, 2.05) is 5.38 Å². The normalized spacial score (nSPS) is 14.6. The van der Waals surface area contributed by atoms with E-state index in [0.29, 0.717) is 17.4 Å². The van der Waals surface area contributed by atoms with Crippen molar-refractivity contribution in [3.63, 3.8) is 0 Å². The highest BCUT2D eigenvalue weighted by Gasteiger charge is 2.10. The van der Waals surface area contributed by atoms with Gasteiger partial charge in [0.15, 0.2) is 0 Å². The molecule has 1 saturated heterocycles. The number of nitrogens with zero attached hydrogens (tertiary/aromatic N) is 3. The molecule has 0 unspecified atom stereocenters. The van der Waals surface area contributed by atoms with Crippen LogP contribution in [0.5, 0.6) is 0 Å². The van der Waals surface area contributed by atoms with E-state index in [1.165, 1.54) is 17.0 Å². The van der Waals surface area contributed by atoms with Crippen LogP contribution >= 0.6 is 11.3 Å². The number of carbonyl (C=O) groups is 1. The fraction of sp³-hybridized carbons (Fsp3) is 0.389. The first-order valence-corrected chi connectivity index (χ1v) is 9.57. The molecule has 0 saturated carbocycles. The first kappa shape index (κ1) is 18.3. The molecule has 1 aliphatic rings. The summed E-state index contributed by atoms with van der Waals surface area (Å²) in [6.45, 7) is 6.29. The average Bonchev–Trinajstić information content (AvgIpc) is 3.10. The Bertz CT molecular complexity index is 738. The van der Waals surface area contributed by atoms with E-state index in [4.69, 9.17) is 4.74 Å². The zero-order chi connectivity index (χ0) is 18.2. The molecule has 138 valence electrons. The molecule has 26 heavy (non-hydrogen) atoms. The van der Waals surface area contributed by atoms with E-state index in [1.54, 1.807) is 13.1 Å². The van der Waals surface area contributed by atoms with Gasteiger partial charge >= 0.3 is 5.97 Å². The molecule has 0 radical (unpaired) electrons. The monoisotopic (exact) mass is 373 g/mol. The van der Waals surface area contributed by atoms with Gasteiger partial charge in [0.05, 0.1) is 24.9 Å². The van der Waals surface area contributed by atoms with Crippen molar-refractivity contribution < 1.29 is 9.53 Å². The number of nitrogens with one attached hydrogen (secondary N) is 2. The third-order valence-corrected chi connectivity index (χ3v) is 4.73. The lowest BCUT2D eigenvalue weighted by Crippen LogP contribution is -2.43. The number of anilines is 2. The quantitative estimate of drug-likeness (QED) is 0.440. The van der Waals surface area contributed by atoms with Gasteiger partial charge in [-0.1, -0.05) is 12.1 Å². The number of esters is 1. The number of ether oxygens (including phenoxy) is 1. The second-order valence-electron chi connectivity index (χ2n) is 5.82. The Morgan fingerprint density at radius 3 is 2.88 bits per heavy atom. The smallest absolute Gasteiger partial charge is 0.311 e. The highest BCUT2D eigenvalue weighted by molar-refractivity contribution is 7.13. The number of rotatable bonds is 7. The molecule has 0 aliphatic carbocycles. The Labute approximate surface area is 157 Å². The van der Waals surface area contributed by atoms with Gasteiger partial charge < -0.3 is 15.0 Å². The number of benzene rings is 1. The minimum atomic E-state index is -0.266. The van der Waals surface area contributed by atoms with Gasteiger partial charge in [0.1, 0.15) is 0 Å². The summed E-state index contributed by atoms with van der Waals surface area (Å²) in [5.41, 5.74) is 5.84. The van der Waals surface area contributed by atoms with Crippen molar-refractivity contribution in [1.82, 2.24) is 10.3 Å². The number of aromatic nitrogens is 1. The van der Waals surface area contributed by atoms with Crippen molar-refractivity contribution in [3.8, 4) is 0 Å². The van der Waals surface area contributed by atoms with Crippen molar-refractivity contribution in [2.24, 2.45) is 5.10 Å². The first-order chi connectivity index (χ1) is 12.7. The van der Waals surface area contributed by atoms with Crippen LogP contribution in [0.15, 0.2) is 34.7 Å². The molecule has 0 amide bonds. The summed E-state index contributed by atoms with van der Waals surface area (Å²) in [5, 5.41) is 10.1. The Morgan fingerprint density at radius 1 is 1.38 bits per heavy atom. The van der Waals surface area contributed by atoms with E-state index in [0.717, 1.165) is 31.7 Å². The number of thiazole rings is 1. The first-order valence-electron chi connectivity index (χ1n) is 8.69. The van der Waals surface area contributed by atoms with Crippen LogP contribution < -0.4 is 15.6 Å². The fourth-order valence-electron chi connectivity index (χ4n) is 2.66. The number of hydrogen-bond acceptors (Lipinski definition) is 8. The molecule has 2 aromatic rings. The SMILES string of the molecule is CCOC(=O)Cc1csc(NN=Cc2ccc(N3CCNCC3)cc2)n1. The molecule has 8 heteroatoms. The molecule has 1 fully saturated rings. The van der Waals surface area contributed by atoms with Gasteiger partial charge in [-0.2, -0.15) is 5.10 Å². The van der Waals surface area contributed by atoms with Crippen LogP contribution in [-0.2, 0) is 16.0 Å². The van der Waals surface area contributed by atoms with Crippen LogP contribution in [0.25, 0.3) is 0 Å². The highest BCUT2D eigenvalue weighted by atomic mass is 32.1. The minimum Gasteiger partial charge on any atom is -0.466 e. The van der Waals surface area contributed by atoms with E-state index in [2.05, 4.69) is 50.0 Å². The molecule has 0 bridgehead atoms. The van der Waals surface area contributed by atoms with Gasteiger partial charge in [-0.3, -0.25) is 10.2 Å². The minimum absolute atomic E-state index is 0.184. The lowest BCUT2D eigenvalue weighted by Gasteiger charge is -2.29. The van der Waals surface area contributed by atoms with Gasteiger partial charge in [0, 0.05) is 37.2 Å². The Hall–Kier alpha value is -2.45. The van der Waals surface area contributed by atoms with Crippen LogP contribution in [0.1, 0.15) is 18.2 Å². The number of carbonyl (C=O) groups excluding carboxylic acids is 1. The average molecular weight is 373 g/mol. The largest absolute Gasteiger partial charge is 0.466 e. The van der Waals surface area contributed by atoms with Gasteiger partial charge in [-0.25, -0.2) is 4.98 Å². The van der Waals surface area contributed by atoms with Crippen LogP contribution in [0.3, 0.4) is 0 Å². The summed E-state index contributed by atoms with van der Waals surface area (Å²) >= 11 is 1.41. The molecular weight excluding hydrogens is 350 g/mol. The van der Waals surface area contributed by atoms with Crippen molar-refractivity contribution in [2.45, 2.75) is 13.3 Å². The standard InChI is InChI=1S/C18H23N5O2S/c1-2-25-17(24)11-15-13-26-18(21-15)22-20-12-14-3-5-16(6-4-14)23-9-7-19-8-10-23/h3-6,12-13,19H,2,7-11H2,1H3,(H,21,22). The van der Waals surface area contributed by atoms with Crippen molar-refractivity contribution in [2.75, 3.05) is 43.1 Å². The van der Waals surface area contributed by atoms with E-state index < -0.39 is 0 Å². The second kappa shape index (κ2) is 9.30. The molecule has 1 aromatic carbocycles. The summed E-state index contributed by atoms with van der Waals surface area (Å²) in [7, 11) is 0. The molecular formula is C18H23N5O2S. The summed E-state index contributed by atoms with van der Waals surface area (Å²) in [6.07, 6.45) is 1.94. The maximum atomic E-state index is 11.4. The fourth-order valence-corrected chi connectivity index (χ4v) is 3.31. The number of hydrogen-bond donors (Lipinski definition) is 2. The topological polar surface area (TPSA) is 78.8 Å². The zero-order valence-corrected chi connectivity index (χ0v) is 15.6. The summed E-state index contributed by atoms with van der Waals surface area (Å²) in [4.78, 5) is 18.1. The molecule has 0 atom stereocenters. The maximum Gasteiger partial charge on any atom is 0.311 e. The van der Waals surface area contributed by atoms with Crippen LogP contribution in [-0.4, -0.2) is 50.0 Å². The third-order valence-electron chi connectivity index (χ3n) is 3.93. The number of piperazine rings is 1. The van der Waals surface area contributed by atoms with E-state index in [-0.39, 0.29) is 12.4 Å². The van der Waals surface area contributed by atoms with Gasteiger partial charge in [0.2, 0.25) is 5.13 Å². The third kappa shape index (κ3) is 5.27. The molecule has 7 nitrogen and oxygen atoms in total. The van der Waals surface area contributed by atoms with Crippen molar-refractivity contribution in [3.05, 3.63) is 40.9 Å².